The second kappa shape index (κ2) is 5.96. The second-order valence-corrected chi connectivity index (χ2v) is 4.91. The quantitative estimate of drug-likeness (QED) is 0.925. The van der Waals surface area contributed by atoms with Crippen LogP contribution in [0.4, 0.5) is 5.69 Å². The van der Waals surface area contributed by atoms with Crippen molar-refractivity contribution < 1.29 is 9.26 Å². The first-order valence-corrected chi connectivity index (χ1v) is 6.92. The van der Waals surface area contributed by atoms with Gasteiger partial charge in [0.25, 0.3) is 0 Å². The molecule has 0 atom stereocenters. The molecule has 0 aliphatic carbocycles. The molecule has 106 valence electrons. The molecule has 2 aromatic rings. The Balaban J connectivity index is 1.79. The van der Waals surface area contributed by atoms with Gasteiger partial charge in [-0.25, -0.2) is 0 Å². The third kappa shape index (κ3) is 2.77. The van der Waals surface area contributed by atoms with Crippen LogP contribution in [0.5, 0.6) is 5.75 Å². The Bertz CT molecular complexity index is 568. The molecule has 3 rings (SSSR count). The molecule has 0 amide bonds. The number of hydrogen-bond donors (Lipinski definition) is 1. The van der Waals surface area contributed by atoms with Crippen molar-refractivity contribution in [2.24, 2.45) is 0 Å². The highest BCUT2D eigenvalue weighted by Gasteiger charge is 2.17. The zero-order chi connectivity index (χ0) is 13.8. The van der Waals surface area contributed by atoms with E-state index in [9.17, 15) is 0 Å². The van der Waals surface area contributed by atoms with Crippen LogP contribution in [0, 0.1) is 0 Å². The summed E-state index contributed by atoms with van der Waals surface area (Å²) < 4.78 is 11.2. The van der Waals surface area contributed by atoms with Gasteiger partial charge in [-0.2, -0.15) is 0 Å². The molecule has 5 nitrogen and oxygen atoms in total. The zero-order valence-corrected chi connectivity index (χ0v) is 11.6. The van der Waals surface area contributed by atoms with Crippen molar-refractivity contribution in [3.8, 4) is 5.75 Å². The maximum Gasteiger partial charge on any atom is 0.156 e. The first-order valence-electron chi connectivity index (χ1n) is 6.92. The van der Waals surface area contributed by atoms with Gasteiger partial charge >= 0.3 is 0 Å². The molecule has 0 radical (unpaired) electrons. The molecule has 2 heterocycles. The number of hydrogen-bond acceptors (Lipinski definition) is 5. The summed E-state index contributed by atoms with van der Waals surface area (Å²) >= 11 is 0. The molecule has 0 unspecified atom stereocenters. The summed E-state index contributed by atoms with van der Waals surface area (Å²) in [5, 5.41) is 7.13. The maximum atomic E-state index is 5.76. The molecule has 1 aliphatic rings. The first-order chi connectivity index (χ1) is 9.86. The van der Waals surface area contributed by atoms with Gasteiger partial charge in [0, 0.05) is 19.2 Å². The lowest BCUT2D eigenvalue weighted by Gasteiger charge is -2.22. The molecule has 1 aromatic heterocycles. The highest BCUT2D eigenvalue weighted by atomic mass is 16.5. The molecule has 1 aliphatic heterocycles. The smallest absolute Gasteiger partial charge is 0.156 e. The van der Waals surface area contributed by atoms with Crippen LogP contribution in [0.1, 0.15) is 17.9 Å². The van der Waals surface area contributed by atoms with Gasteiger partial charge in [0.05, 0.1) is 24.5 Å². The van der Waals surface area contributed by atoms with E-state index in [2.05, 4.69) is 21.4 Å². The van der Waals surface area contributed by atoms with Gasteiger partial charge in [-0.15, -0.1) is 0 Å². The summed E-state index contributed by atoms with van der Waals surface area (Å²) in [4.78, 5) is 2.28. The summed E-state index contributed by atoms with van der Waals surface area (Å²) in [7, 11) is 1.90. The van der Waals surface area contributed by atoms with E-state index in [0.717, 1.165) is 55.6 Å². The van der Waals surface area contributed by atoms with Crippen molar-refractivity contribution in [1.82, 2.24) is 10.5 Å². The van der Waals surface area contributed by atoms with E-state index in [0.29, 0.717) is 0 Å². The van der Waals surface area contributed by atoms with Crippen molar-refractivity contribution >= 4 is 5.69 Å². The van der Waals surface area contributed by atoms with Crippen LogP contribution in [0.25, 0.3) is 0 Å². The maximum absolute atomic E-state index is 5.76. The van der Waals surface area contributed by atoms with Crippen molar-refractivity contribution in [2.75, 3.05) is 25.1 Å². The number of rotatable bonds is 4. The lowest BCUT2D eigenvalue weighted by atomic mass is 10.2. The van der Waals surface area contributed by atoms with Gasteiger partial charge in [0.2, 0.25) is 0 Å². The zero-order valence-electron chi connectivity index (χ0n) is 11.6. The van der Waals surface area contributed by atoms with E-state index in [1.165, 1.54) is 0 Å². The van der Waals surface area contributed by atoms with Gasteiger partial charge in [0.1, 0.15) is 5.75 Å². The van der Waals surface area contributed by atoms with E-state index in [1.807, 2.05) is 31.3 Å². The molecular formula is C15H19N3O2. The average molecular weight is 273 g/mol. The topological polar surface area (TPSA) is 50.5 Å². The molecule has 0 spiro atoms. The molecule has 20 heavy (non-hydrogen) atoms. The van der Waals surface area contributed by atoms with Crippen LogP contribution in [-0.4, -0.2) is 25.4 Å². The average Bonchev–Trinajstić information content (AvgIpc) is 2.80. The number of fused-ring (bicyclic) bond motifs is 1. The van der Waals surface area contributed by atoms with Gasteiger partial charge in [0.15, 0.2) is 5.76 Å². The Morgan fingerprint density at radius 2 is 2.25 bits per heavy atom. The van der Waals surface area contributed by atoms with Crippen molar-refractivity contribution in [3.05, 3.63) is 41.8 Å². The Morgan fingerprint density at radius 1 is 1.35 bits per heavy atom. The molecule has 0 bridgehead atoms. The van der Waals surface area contributed by atoms with Gasteiger partial charge < -0.3 is 19.5 Å². The highest BCUT2D eigenvalue weighted by Crippen LogP contribution is 2.31. The molecule has 1 aromatic carbocycles. The number of nitrogens with zero attached hydrogens (tertiary/aromatic N) is 2. The van der Waals surface area contributed by atoms with E-state index in [4.69, 9.17) is 9.26 Å². The fraction of sp³-hybridized carbons (Fsp3) is 0.400. The van der Waals surface area contributed by atoms with Gasteiger partial charge in [-0.3, -0.25) is 0 Å². The first kappa shape index (κ1) is 13.0. The Labute approximate surface area is 118 Å². The Hall–Kier alpha value is -2.01. The molecule has 0 fully saturated rings. The van der Waals surface area contributed by atoms with E-state index < -0.39 is 0 Å². The van der Waals surface area contributed by atoms with Gasteiger partial charge in [-0.1, -0.05) is 17.3 Å². The van der Waals surface area contributed by atoms with Crippen LogP contribution in [-0.2, 0) is 13.1 Å². The van der Waals surface area contributed by atoms with Crippen LogP contribution >= 0.6 is 0 Å². The number of ether oxygens (including phenoxy) is 1. The van der Waals surface area contributed by atoms with Crippen molar-refractivity contribution in [3.63, 3.8) is 0 Å². The Kier molecular flexibility index (Phi) is 3.87. The number of nitrogens with one attached hydrogen (secondary N) is 1. The fourth-order valence-electron chi connectivity index (χ4n) is 2.45. The standard InChI is InChI=1S/C15H19N3O2/c1-16-10-12-9-13(20-17-12)11-18-7-4-8-19-15-6-3-2-5-14(15)18/h2-3,5-6,9,16H,4,7-8,10-11H2,1H3. The molecule has 1 N–H and O–H groups in total. The third-order valence-corrected chi connectivity index (χ3v) is 3.35. The van der Waals surface area contributed by atoms with Crippen LogP contribution in [0.3, 0.4) is 0 Å². The summed E-state index contributed by atoms with van der Waals surface area (Å²) in [6.45, 7) is 3.16. The molecule has 0 saturated heterocycles. The SMILES string of the molecule is CNCc1cc(CN2CCCOc3ccccc32)on1. The number of para-hydroxylation sites is 2. The minimum atomic E-state index is 0.719. The summed E-state index contributed by atoms with van der Waals surface area (Å²) in [6, 6.07) is 10.1. The highest BCUT2D eigenvalue weighted by molar-refractivity contribution is 5.58. The van der Waals surface area contributed by atoms with Crippen molar-refractivity contribution in [1.29, 1.82) is 0 Å². The lowest BCUT2D eigenvalue weighted by molar-refractivity contribution is 0.322. The normalized spacial score (nSPS) is 14.6. The summed E-state index contributed by atoms with van der Waals surface area (Å²) in [6.07, 6.45) is 1.01. The molecular weight excluding hydrogens is 254 g/mol. The van der Waals surface area contributed by atoms with Crippen LogP contribution < -0.4 is 15.0 Å². The minimum Gasteiger partial charge on any atom is -0.491 e. The largest absolute Gasteiger partial charge is 0.491 e. The van der Waals surface area contributed by atoms with Gasteiger partial charge in [-0.05, 0) is 25.6 Å². The minimum absolute atomic E-state index is 0.719. The number of benzene rings is 1. The summed E-state index contributed by atoms with van der Waals surface area (Å²) in [5.41, 5.74) is 2.05. The van der Waals surface area contributed by atoms with E-state index in [1.54, 1.807) is 0 Å². The summed E-state index contributed by atoms with van der Waals surface area (Å²) in [5.74, 6) is 1.83. The lowest BCUT2D eigenvalue weighted by Crippen LogP contribution is -2.22. The predicted molar refractivity (Wildman–Crippen MR) is 76.9 cm³/mol. The predicted octanol–water partition coefficient (Wildman–Crippen LogP) is 2.18. The molecule has 5 heteroatoms. The van der Waals surface area contributed by atoms with Crippen LogP contribution in [0.2, 0.25) is 0 Å². The van der Waals surface area contributed by atoms with E-state index >= 15 is 0 Å². The van der Waals surface area contributed by atoms with Crippen LogP contribution in [0.15, 0.2) is 34.9 Å². The Morgan fingerprint density at radius 3 is 3.15 bits per heavy atom. The fourth-order valence-corrected chi connectivity index (χ4v) is 2.45. The number of anilines is 1. The third-order valence-electron chi connectivity index (χ3n) is 3.35. The second-order valence-electron chi connectivity index (χ2n) is 4.91. The van der Waals surface area contributed by atoms with E-state index in [-0.39, 0.29) is 0 Å². The number of aromatic nitrogens is 1. The monoisotopic (exact) mass is 273 g/mol. The molecule has 0 saturated carbocycles. The van der Waals surface area contributed by atoms with Crippen molar-refractivity contribution in [2.45, 2.75) is 19.5 Å².